The molecule has 26 heavy (non-hydrogen) atoms. The molecule has 0 atom stereocenters. The lowest BCUT2D eigenvalue weighted by Crippen LogP contribution is -2.36. The number of anilines is 2. The van der Waals surface area contributed by atoms with Crippen molar-refractivity contribution in [2.45, 2.75) is 6.92 Å². The van der Waals surface area contributed by atoms with Gasteiger partial charge in [0, 0.05) is 5.69 Å². The Bertz CT molecular complexity index is 750. The van der Waals surface area contributed by atoms with E-state index in [0.717, 1.165) is 0 Å². The number of ether oxygens (including phenoxy) is 1. The fourth-order valence-electron chi connectivity index (χ4n) is 2.32. The second kappa shape index (κ2) is 9.53. The summed E-state index contributed by atoms with van der Waals surface area (Å²) in [4.78, 5) is 25.7. The van der Waals surface area contributed by atoms with Crippen LogP contribution in [0.5, 0.6) is 5.75 Å². The molecule has 0 radical (unpaired) electrons. The van der Waals surface area contributed by atoms with Gasteiger partial charge in [0.25, 0.3) is 0 Å². The third-order valence-corrected chi connectivity index (χ3v) is 3.42. The maximum Gasteiger partial charge on any atom is 0.238 e. The Kier molecular flexibility index (Phi) is 7.11. The average molecular weight is 359 g/mol. The van der Waals surface area contributed by atoms with Crippen LogP contribution in [0.2, 0.25) is 0 Å². The van der Waals surface area contributed by atoms with Crippen LogP contribution in [0.25, 0.3) is 0 Å². The Hall–Kier alpha value is -2.93. The molecule has 0 spiro atoms. The Morgan fingerprint density at radius 2 is 1.62 bits per heavy atom. The van der Waals surface area contributed by atoms with Crippen LogP contribution in [0.15, 0.2) is 48.5 Å². The highest BCUT2D eigenvalue weighted by Crippen LogP contribution is 2.23. The summed E-state index contributed by atoms with van der Waals surface area (Å²) in [6.45, 7) is 2.43. The van der Waals surface area contributed by atoms with Gasteiger partial charge in [-0.05, 0) is 50.4 Å². The van der Waals surface area contributed by atoms with Gasteiger partial charge in [0.1, 0.15) is 11.6 Å². The second-order valence-corrected chi connectivity index (χ2v) is 5.70. The van der Waals surface area contributed by atoms with Crippen molar-refractivity contribution in [1.82, 2.24) is 4.90 Å². The standard InChI is InChI=1S/C19H22FN3O3/c1-3-26-17-7-5-4-6-16(17)22-19(25)13-23(2)12-18(24)21-15-10-8-14(20)9-11-15/h4-11H,3,12-13H2,1-2H3,(H,21,24)(H,22,25). The molecule has 0 aromatic heterocycles. The van der Waals surface area contributed by atoms with Gasteiger partial charge in [0.05, 0.1) is 25.4 Å². The average Bonchev–Trinajstić information content (AvgIpc) is 2.58. The van der Waals surface area contributed by atoms with Gasteiger partial charge in [-0.1, -0.05) is 12.1 Å². The first-order valence-electron chi connectivity index (χ1n) is 8.23. The molecule has 0 aliphatic carbocycles. The van der Waals surface area contributed by atoms with Gasteiger partial charge < -0.3 is 15.4 Å². The highest BCUT2D eigenvalue weighted by molar-refractivity contribution is 5.95. The Morgan fingerprint density at radius 1 is 1.00 bits per heavy atom. The number of halogens is 1. The number of hydrogen-bond donors (Lipinski definition) is 2. The van der Waals surface area contributed by atoms with Crippen molar-refractivity contribution in [2.75, 3.05) is 37.4 Å². The maximum absolute atomic E-state index is 12.9. The molecule has 0 saturated carbocycles. The molecule has 6 nitrogen and oxygen atoms in total. The van der Waals surface area contributed by atoms with Crippen LogP contribution >= 0.6 is 0 Å². The first-order valence-corrected chi connectivity index (χ1v) is 8.23. The van der Waals surface area contributed by atoms with Crippen LogP contribution in [-0.4, -0.2) is 43.5 Å². The molecule has 138 valence electrons. The van der Waals surface area contributed by atoms with Crippen LogP contribution in [-0.2, 0) is 9.59 Å². The van der Waals surface area contributed by atoms with E-state index in [1.165, 1.54) is 24.3 Å². The number of nitrogens with zero attached hydrogens (tertiary/aromatic N) is 1. The van der Waals surface area contributed by atoms with E-state index in [4.69, 9.17) is 4.74 Å². The van der Waals surface area contributed by atoms with Crippen LogP contribution in [0.3, 0.4) is 0 Å². The third kappa shape index (κ3) is 6.18. The summed E-state index contributed by atoms with van der Waals surface area (Å²) in [6.07, 6.45) is 0. The van der Waals surface area contributed by atoms with Gasteiger partial charge in [-0.3, -0.25) is 14.5 Å². The Labute approximate surface area is 152 Å². The lowest BCUT2D eigenvalue weighted by Gasteiger charge is -2.17. The number of amides is 2. The lowest BCUT2D eigenvalue weighted by atomic mass is 10.3. The monoisotopic (exact) mass is 359 g/mol. The minimum atomic E-state index is -0.371. The molecule has 0 bridgehead atoms. The number of carbonyl (C=O) groups is 2. The molecule has 2 aromatic rings. The zero-order valence-corrected chi connectivity index (χ0v) is 14.8. The largest absolute Gasteiger partial charge is 0.492 e. The third-order valence-electron chi connectivity index (χ3n) is 3.42. The van der Waals surface area contributed by atoms with E-state index in [9.17, 15) is 14.0 Å². The van der Waals surface area contributed by atoms with E-state index in [1.54, 1.807) is 30.1 Å². The number of nitrogens with one attached hydrogen (secondary N) is 2. The van der Waals surface area contributed by atoms with Crippen LogP contribution < -0.4 is 15.4 Å². The number of carbonyl (C=O) groups excluding carboxylic acids is 2. The molecule has 2 rings (SSSR count). The van der Waals surface area contributed by atoms with Crippen LogP contribution in [0.4, 0.5) is 15.8 Å². The Balaban J connectivity index is 1.83. The minimum absolute atomic E-state index is 0.0257. The van der Waals surface area contributed by atoms with Gasteiger partial charge in [0.15, 0.2) is 0 Å². The smallest absolute Gasteiger partial charge is 0.238 e. The van der Waals surface area contributed by atoms with Crippen molar-refractivity contribution in [1.29, 1.82) is 0 Å². The molecule has 0 heterocycles. The summed E-state index contributed by atoms with van der Waals surface area (Å²) >= 11 is 0. The van der Waals surface area contributed by atoms with Crippen molar-refractivity contribution >= 4 is 23.2 Å². The highest BCUT2D eigenvalue weighted by atomic mass is 19.1. The summed E-state index contributed by atoms with van der Waals surface area (Å²) in [5.74, 6) is -0.319. The van der Waals surface area contributed by atoms with E-state index in [0.29, 0.717) is 23.7 Å². The van der Waals surface area contributed by atoms with E-state index in [2.05, 4.69) is 10.6 Å². The van der Waals surface area contributed by atoms with E-state index in [1.807, 2.05) is 13.0 Å². The van der Waals surface area contributed by atoms with Gasteiger partial charge in [0.2, 0.25) is 11.8 Å². The van der Waals surface area contributed by atoms with Crippen molar-refractivity contribution in [3.05, 3.63) is 54.3 Å². The molecule has 2 aromatic carbocycles. The van der Waals surface area contributed by atoms with Crippen molar-refractivity contribution < 1.29 is 18.7 Å². The van der Waals surface area contributed by atoms with Crippen molar-refractivity contribution in [2.24, 2.45) is 0 Å². The summed E-state index contributed by atoms with van der Waals surface area (Å²) in [7, 11) is 1.66. The molecule has 2 amide bonds. The Morgan fingerprint density at radius 3 is 2.27 bits per heavy atom. The zero-order valence-electron chi connectivity index (χ0n) is 14.8. The summed E-state index contributed by atoms with van der Waals surface area (Å²) < 4.78 is 18.3. The summed E-state index contributed by atoms with van der Waals surface area (Å²) in [5, 5.41) is 5.43. The first-order chi connectivity index (χ1) is 12.5. The first kappa shape index (κ1) is 19.4. The van der Waals surface area contributed by atoms with Gasteiger partial charge in [-0.25, -0.2) is 4.39 Å². The van der Waals surface area contributed by atoms with Crippen molar-refractivity contribution in [3.63, 3.8) is 0 Å². The molecular weight excluding hydrogens is 337 g/mol. The van der Waals surface area contributed by atoms with Gasteiger partial charge >= 0.3 is 0 Å². The molecule has 2 N–H and O–H groups in total. The topological polar surface area (TPSA) is 70.7 Å². The molecule has 0 aliphatic rings. The number of benzene rings is 2. The minimum Gasteiger partial charge on any atom is -0.492 e. The second-order valence-electron chi connectivity index (χ2n) is 5.70. The predicted octanol–water partition coefficient (Wildman–Crippen LogP) is 2.73. The number of likely N-dealkylation sites (N-methyl/N-ethyl adjacent to an activating group) is 1. The molecule has 0 aliphatic heterocycles. The zero-order chi connectivity index (χ0) is 18.9. The predicted molar refractivity (Wildman–Crippen MR) is 98.8 cm³/mol. The normalized spacial score (nSPS) is 10.5. The highest BCUT2D eigenvalue weighted by Gasteiger charge is 2.13. The lowest BCUT2D eigenvalue weighted by molar-refractivity contribution is -0.119. The van der Waals surface area contributed by atoms with E-state index in [-0.39, 0.29) is 30.7 Å². The van der Waals surface area contributed by atoms with E-state index < -0.39 is 0 Å². The molecule has 0 fully saturated rings. The van der Waals surface area contributed by atoms with Crippen LogP contribution in [0, 0.1) is 5.82 Å². The van der Waals surface area contributed by atoms with Crippen molar-refractivity contribution in [3.8, 4) is 5.75 Å². The van der Waals surface area contributed by atoms with Crippen LogP contribution in [0.1, 0.15) is 6.92 Å². The quantitative estimate of drug-likeness (QED) is 0.760. The summed E-state index contributed by atoms with van der Waals surface area (Å²) in [5.41, 5.74) is 1.09. The fraction of sp³-hybridized carbons (Fsp3) is 0.263. The molecule has 7 heteroatoms. The molecule has 0 saturated heterocycles. The maximum atomic E-state index is 12.9. The fourth-order valence-corrected chi connectivity index (χ4v) is 2.32. The van der Waals surface area contributed by atoms with Gasteiger partial charge in [-0.2, -0.15) is 0 Å². The molecular formula is C19H22FN3O3. The SMILES string of the molecule is CCOc1ccccc1NC(=O)CN(C)CC(=O)Nc1ccc(F)cc1. The number of para-hydroxylation sites is 2. The number of rotatable bonds is 8. The van der Waals surface area contributed by atoms with E-state index >= 15 is 0 Å². The molecule has 0 unspecified atom stereocenters. The van der Waals surface area contributed by atoms with Gasteiger partial charge in [-0.15, -0.1) is 0 Å². The number of hydrogen-bond acceptors (Lipinski definition) is 4. The summed E-state index contributed by atoms with van der Waals surface area (Å²) in [6, 6.07) is 12.6.